The van der Waals surface area contributed by atoms with Crippen LogP contribution in [0.15, 0.2) is 18.2 Å². The average molecular weight is 338 g/mol. The third-order valence-electron chi connectivity index (χ3n) is 3.56. The van der Waals surface area contributed by atoms with Crippen molar-refractivity contribution in [3.8, 4) is 0 Å². The molecule has 0 heterocycles. The quantitative estimate of drug-likeness (QED) is 0.483. The fourth-order valence-corrected chi connectivity index (χ4v) is 4.13. The normalized spacial score (nSPS) is 19.6. The van der Waals surface area contributed by atoms with E-state index in [1.165, 1.54) is 0 Å². The summed E-state index contributed by atoms with van der Waals surface area (Å²) in [7, 11) is -7.19. The van der Waals surface area contributed by atoms with E-state index in [0.29, 0.717) is 12.0 Å². The molecule has 1 aliphatic rings. The van der Waals surface area contributed by atoms with Crippen LogP contribution in [0.4, 0.5) is 13.2 Å². The summed E-state index contributed by atoms with van der Waals surface area (Å²) in [5.41, 5.74) is -3.95. The lowest BCUT2D eigenvalue weighted by molar-refractivity contribution is -0.0574. The van der Waals surface area contributed by atoms with E-state index in [4.69, 9.17) is 0 Å². The van der Waals surface area contributed by atoms with Crippen molar-refractivity contribution >= 4 is 23.4 Å². The van der Waals surface area contributed by atoms with E-state index in [1.807, 2.05) is 18.2 Å². The van der Waals surface area contributed by atoms with E-state index in [0.717, 1.165) is 10.8 Å². The molecule has 0 N–H and O–H groups in total. The first kappa shape index (κ1) is 16.5. The van der Waals surface area contributed by atoms with Crippen LogP contribution >= 0.6 is 0 Å². The molecular formula is C13H17F3O3SSi. The van der Waals surface area contributed by atoms with Gasteiger partial charge in [-0.2, -0.15) is 21.6 Å². The molecule has 8 heteroatoms. The molecule has 0 spiro atoms. The number of benzene rings is 1. The molecule has 1 unspecified atom stereocenters. The van der Waals surface area contributed by atoms with Crippen LogP contribution in [-0.4, -0.2) is 22.0 Å². The average Bonchev–Trinajstić information content (AvgIpc) is 2.68. The Hall–Kier alpha value is -0.863. The summed E-state index contributed by atoms with van der Waals surface area (Å²) in [6.07, 6.45) is -0.262. The summed E-state index contributed by atoms with van der Waals surface area (Å²) in [4.78, 5) is 0. The van der Waals surface area contributed by atoms with Crippen molar-refractivity contribution in [2.45, 2.75) is 44.1 Å². The summed E-state index contributed by atoms with van der Waals surface area (Å²) in [5, 5.41) is 1.07. The smallest absolute Gasteiger partial charge is 0.255 e. The highest BCUT2D eigenvalue weighted by Crippen LogP contribution is 2.38. The Morgan fingerprint density at radius 2 is 1.86 bits per heavy atom. The Kier molecular flexibility index (Phi) is 4.01. The molecule has 0 saturated carbocycles. The molecule has 118 valence electrons. The zero-order chi connectivity index (χ0) is 16.1. The van der Waals surface area contributed by atoms with Crippen LogP contribution < -0.4 is 5.19 Å². The summed E-state index contributed by atoms with van der Waals surface area (Å²) in [6, 6.07) is 5.66. The van der Waals surface area contributed by atoms with E-state index in [-0.39, 0.29) is 6.42 Å². The van der Waals surface area contributed by atoms with E-state index >= 15 is 0 Å². The van der Waals surface area contributed by atoms with Gasteiger partial charge in [0.25, 0.3) is 0 Å². The number of hydrogen-bond donors (Lipinski definition) is 0. The van der Waals surface area contributed by atoms with Gasteiger partial charge in [0.1, 0.15) is 6.10 Å². The van der Waals surface area contributed by atoms with Crippen molar-refractivity contribution in [1.82, 2.24) is 0 Å². The molecule has 3 nitrogen and oxygen atoms in total. The van der Waals surface area contributed by atoms with Gasteiger partial charge < -0.3 is 0 Å². The summed E-state index contributed by atoms with van der Waals surface area (Å²) < 4.78 is 64.0. The van der Waals surface area contributed by atoms with Gasteiger partial charge in [0.15, 0.2) is 0 Å². The van der Waals surface area contributed by atoms with Crippen molar-refractivity contribution in [2.24, 2.45) is 0 Å². The molecule has 0 aromatic heterocycles. The van der Waals surface area contributed by atoms with Gasteiger partial charge in [0.05, 0.1) is 8.07 Å². The lowest BCUT2D eigenvalue weighted by atomic mass is 10.1. The third kappa shape index (κ3) is 3.32. The van der Waals surface area contributed by atoms with Crippen molar-refractivity contribution in [2.75, 3.05) is 0 Å². The minimum atomic E-state index is -5.56. The molecule has 0 fully saturated rings. The standard InChI is InChI=1S/C13H17F3O3SSi/c1-21(2,3)10-6-4-9-5-7-12(11(9)8-10)19-20(17,18)13(14,15)16/h4,6,8,12H,5,7H2,1-3H3. The molecule has 1 aliphatic carbocycles. The fourth-order valence-electron chi connectivity index (χ4n) is 2.34. The van der Waals surface area contributed by atoms with Crippen LogP contribution in [0.1, 0.15) is 23.7 Å². The van der Waals surface area contributed by atoms with E-state index in [9.17, 15) is 21.6 Å². The van der Waals surface area contributed by atoms with Crippen LogP contribution in [0.2, 0.25) is 19.6 Å². The molecule has 0 aliphatic heterocycles. The van der Waals surface area contributed by atoms with Crippen molar-refractivity contribution < 1.29 is 25.8 Å². The highest BCUT2D eigenvalue weighted by atomic mass is 32.2. The maximum Gasteiger partial charge on any atom is 0.523 e. The number of alkyl halides is 3. The third-order valence-corrected chi connectivity index (χ3v) is 6.66. The number of rotatable bonds is 3. The summed E-state index contributed by atoms with van der Waals surface area (Å²) >= 11 is 0. The Morgan fingerprint density at radius 3 is 2.38 bits per heavy atom. The van der Waals surface area contributed by atoms with Crippen LogP contribution in [0, 0.1) is 0 Å². The van der Waals surface area contributed by atoms with Gasteiger partial charge in [-0.05, 0) is 24.0 Å². The minimum Gasteiger partial charge on any atom is -0.255 e. The largest absolute Gasteiger partial charge is 0.523 e. The Bertz CT molecular complexity index is 648. The summed E-state index contributed by atoms with van der Waals surface area (Å²) in [6.45, 7) is 6.35. The van der Waals surface area contributed by atoms with Crippen LogP contribution in [-0.2, 0) is 20.7 Å². The van der Waals surface area contributed by atoms with E-state index < -0.39 is 29.8 Å². The number of hydrogen-bond acceptors (Lipinski definition) is 3. The maximum absolute atomic E-state index is 12.4. The second-order valence-corrected chi connectivity index (χ2v) is 12.8. The van der Waals surface area contributed by atoms with Gasteiger partial charge in [-0.25, -0.2) is 0 Å². The molecule has 0 bridgehead atoms. The van der Waals surface area contributed by atoms with E-state index in [2.05, 4.69) is 23.8 Å². The second-order valence-electron chi connectivity index (χ2n) is 6.19. The lowest BCUT2D eigenvalue weighted by Crippen LogP contribution is -2.37. The summed E-state index contributed by atoms with van der Waals surface area (Å²) in [5.74, 6) is 0. The Morgan fingerprint density at radius 1 is 1.24 bits per heavy atom. The van der Waals surface area contributed by atoms with Gasteiger partial charge in [0.2, 0.25) is 0 Å². The van der Waals surface area contributed by atoms with Crippen molar-refractivity contribution in [3.63, 3.8) is 0 Å². The van der Waals surface area contributed by atoms with Gasteiger partial charge in [-0.3, -0.25) is 4.18 Å². The monoisotopic (exact) mass is 338 g/mol. The topological polar surface area (TPSA) is 43.4 Å². The predicted molar refractivity (Wildman–Crippen MR) is 76.5 cm³/mol. The molecule has 2 rings (SSSR count). The molecule has 0 saturated heterocycles. The predicted octanol–water partition coefficient (Wildman–Crippen LogP) is 3.09. The molecule has 1 atom stereocenters. The van der Waals surface area contributed by atoms with Gasteiger partial charge in [-0.15, -0.1) is 0 Å². The molecule has 0 amide bonds. The van der Waals surface area contributed by atoms with Crippen LogP contribution in [0.3, 0.4) is 0 Å². The van der Waals surface area contributed by atoms with E-state index in [1.54, 1.807) is 0 Å². The molecular weight excluding hydrogens is 321 g/mol. The fraction of sp³-hybridized carbons (Fsp3) is 0.538. The zero-order valence-corrected chi connectivity index (χ0v) is 13.8. The number of aryl methyl sites for hydroxylation is 1. The van der Waals surface area contributed by atoms with Crippen LogP contribution in [0.5, 0.6) is 0 Å². The first-order valence-electron chi connectivity index (χ1n) is 6.55. The zero-order valence-electron chi connectivity index (χ0n) is 12.0. The Balaban J connectivity index is 2.34. The lowest BCUT2D eigenvalue weighted by Gasteiger charge is -2.20. The van der Waals surface area contributed by atoms with Crippen molar-refractivity contribution in [1.29, 1.82) is 0 Å². The molecule has 1 aromatic carbocycles. The van der Waals surface area contributed by atoms with Crippen LogP contribution in [0.25, 0.3) is 0 Å². The molecule has 21 heavy (non-hydrogen) atoms. The maximum atomic E-state index is 12.4. The first-order valence-corrected chi connectivity index (χ1v) is 11.5. The molecule has 0 radical (unpaired) electrons. The van der Waals surface area contributed by atoms with Crippen molar-refractivity contribution in [3.05, 3.63) is 29.3 Å². The van der Waals surface area contributed by atoms with Gasteiger partial charge in [-0.1, -0.05) is 43.0 Å². The highest BCUT2D eigenvalue weighted by molar-refractivity contribution is 7.87. The van der Waals surface area contributed by atoms with Gasteiger partial charge in [0, 0.05) is 0 Å². The first-order chi connectivity index (χ1) is 9.42. The molecule has 1 aromatic rings. The number of fused-ring (bicyclic) bond motifs is 1. The van der Waals surface area contributed by atoms with Gasteiger partial charge >= 0.3 is 15.6 Å². The second kappa shape index (κ2) is 5.10. The highest BCUT2D eigenvalue weighted by Gasteiger charge is 2.49. The Labute approximate surface area is 123 Å². The minimum absolute atomic E-state index is 0.250. The number of halogens is 3. The SMILES string of the molecule is C[Si](C)(C)c1ccc2c(c1)C(OS(=O)(=O)C(F)(F)F)CC2.